The van der Waals surface area contributed by atoms with Gasteiger partial charge in [-0.1, -0.05) is 30.3 Å². The first kappa shape index (κ1) is 14.3. The molecule has 2 nitrogen and oxygen atoms in total. The smallest absolute Gasteiger partial charge is 0.176 e. The van der Waals surface area contributed by atoms with Crippen LogP contribution in [0.2, 0.25) is 0 Å². The Balaban J connectivity index is 1.98. The minimum absolute atomic E-state index is 0.153. The molecular weight excluding hydrogens is 260 g/mol. The van der Waals surface area contributed by atoms with Gasteiger partial charge < -0.3 is 0 Å². The number of benzene rings is 2. The minimum atomic E-state index is -0.999. The number of Topliss-reactive ketones (excluding diaryl/α,β-unsaturated/α-hetero) is 1. The molecule has 0 atom stereocenters. The van der Waals surface area contributed by atoms with Gasteiger partial charge in [-0.05, 0) is 30.8 Å². The lowest BCUT2D eigenvalue weighted by atomic mass is 10.1. The van der Waals surface area contributed by atoms with E-state index in [9.17, 15) is 13.6 Å². The summed E-state index contributed by atoms with van der Waals surface area (Å²) >= 11 is 0. The van der Waals surface area contributed by atoms with E-state index in [0.29, 0.717) is 6.54 Å². The van der Waals surface area contributed by atoms with E-state index in [0.717, 1.165) is 17.7 Å². The molecule has 0 aromatic heterocycles. The van der Waals surface area contributed by atoms with Gasteiger partial charge in [0.1, 0.15) is 0 Å². The van der Waals surface area contributed by atoms with Crippen LogP contribution in [0.25, 0.3) is 0 Å². The Morgan fingerprint density at radius 3 is 2.40 bits per heavy atom. The molecule has 20 heavy (non-hydrogen) atoms. The first-order valence-corrected chi connectivity index (χ1v) is 6.27. The van der Waals surface area contributed by atoms with Gasteiger partial charge >= 0.3 is 0 Å². The normalized spacial score (nSPS) is 10.8. The number of ketones is 1. The van der Waals surface area contributed by atoms with Crippen molar-refractivity contribution < 1.29 is 13.6 Å². The van der Waals surface area contributed by atoms with Crippen LogP contribution in [0.4, 0.5) is 8.78 Å². The fourth-order valence-corrected chi connectivity index (χ4v) is 1.96. The molecule has 0 N–H and O–H groups in total. The van der Waals surface area contributed by atoms with Gasteiger partial charge in [0.25, 0.3) is 0 Å². The van der Waals surface area contributed by atoms with Crippen molar-refractivity contribution in [3.63, 3.8) is 0 Å². The predicted octanol–water partition coefficient (Wildman–Crippen LogP) is 3.28. The second-order valence-corrected chi connectivity index (χ2v) is 4.71. The van der Waals surface area contributed by atoms with E-state index < -0.39 is 11.6 Å². The fourth-order valence-electron chi connectivity index (χ4n) is 1.96. The summed E-state index contributed by atoms with van der Waals surface area (Å²) in [6.07, 6.45) is 0. The highest BCUT2D eigenvalue weighted by Gasteiger charge is 2.12. The molecule has 0 amide bonds. The van der Waals surface area contributed by atoms with Crippen LogP contribution in [0.3, 0.4) is 0 Å². The largest absolute Gasteiger partial charge is 0.295 e. The zero-order valence-electron chi connectivity index (χ0n) is 11.1. The summed E-state index contributed by atoms with van der Waals surface area (Å²) in [5.74, 6) is -2.18. The third kappa shape index (κ3) is 3.71. The summed E-state index contributed by atoms with van der Waals surface area (Å²) in [5, 5.41) is 0. The van der Waals surface area contributed by atoms with E-state index in [1.54, 1.807) is 0 Å². The van der Waals surface area contributed by atoms with Crippen LogP contribution in [0.1, 0.15) is 15.9 Å². The van der Waals surface area contributed by atoms with Crippen molar-refractivity contribution in [3.05, 3.63) is 71.3 Å². The number of rotatable bonds is 5. The third-order valence-corrected chi connectivity index (χ3v) is 2.95. The van der Waals surface area contributed by atoms with Crippen LogP contribution < -0.4 is 0 Å². The molecule has 2 rings (SSSR count). The monoisotopic (exact) mass is 275 g/mol. The van der Waals surface area contributed by atoms with Crippen LogP contribution in [0, 0.1) is 11.6 Å². The van der Waals surface area contributed by atoms with Crippen molar-refractivity contribution >= 4 is 5.78 Å². The summed E-state index contributed by atoms with van der Waals surface area (Å²) < 4.78 is 25.9. The molecule has 0 aliphatic heterocycles. The topological polar surface area (TPSA) is 20.3 Å². The second-order valence-electron chi connectivity index (χ2n) is 4.71. The average molecular weight is 275 g/mol. The molecule has 0 fully saturated rings. The Hall–Kier alpha value is -2.07. The second kappa shape index (κ2) is 6.39. The lowest BCUT2D eigenvalue weighted by Gasteiger charge is -2.15. The molecule has 2 aromatic carbocycles. The molecule has 4 heteroatoms. The quantitative estimate of drug-likeness (QED) is 0.780. The zero-order chi connectivity index (χ0) is 14.5. The molecule has 0 unspecified atom stereocenters. The minimum Gasteiger partial charge on any atom is -0.295 e. The summed E-state index contributed by atoms with van der Waals surface area (Å²) in [4.78, 5) is 13.8. The third-order valence-electron chi connectivity index (χ3n) is 2.95. The number of likely N-dealkylation sites (N-methyl/N-ethyl adjacent to an activating group) is 1. The lowest BCUT2D eigenvalue weighted by Crippen LogP contribution is -2.25. The summed E-state index contributed by atoms with van der Waals surface area (Å²) in [7, 11) is 1.81. The molecule has 2 aromatic rings. The Morgan fingerprint density at radius 2 is 1.75 bits per heavy atom. The highest BCUT2D eigenvalue weighted by atomic mass is 19.2. The van der Waals surface area contributed by atoms with Crippen LogP contribution in [-0.2, 0) is 6.54 Å². The van der Waals surface area contributed by atoms with E-state index in [-0.39, 0.29) is 17.9 Å². The lowest BCUT2D eigenvalue weighted by molar-refractivity contribution is 0.0942. The van der Waals surface area contributed by atoms with Gasteiger partial charge in [0.2, 0.25) is 0 Å². The van der Waals surface area contributed by atoms with Crippen molar-refractivity contribution in [2.24, 2.45) is 0 Å². The molecule has 0 aliphatic rings. The van der Waals surface area contributed by atoms with E-state index in [2.05, 4.69) is 0 Å². The van der Waals surface area contributed by atoms with Crippen molar-refractivity contribution in [3.8, 4) is 0 Å². The Kier molecular flexibility index (Phi) is 4.58. The zero-order valence-corrected chi connectivity index (χ0v) is 11.1. The van der Waals surface area contributed by atoms with E-state index >= 15 is 0 Å². The maximum atomic E-state index is 13.1. The number of hydrogen-bond donors (Lipinski definition) is 0. The predicted molar refractivity (Wildman–Crippen MR) is 73.5 cm³/mol. The molecule has 0 saturated heterocycles. The van der Waals surface area contributed by atoms with Crippen LogP contribution in [-0.4, -0.2) is 24.3 Å². The first-order valence-electron chi connectivity index (χ1n) is 6.27. The fraction of sp³-hybridized carbons (Fsp3) is 0.188. The van der Waals surface area contributed by atoms with Crippen LogP contribution in [0.15, 0.2) is 48.5 Å². The molecule has 0 aliphatic carbocycles. The van der Waals surface area contributed by atoms with Crippen molar-refractivity contribution in [1.82, 2.24) is 4.90 Å². The summed E-state index contributed by atoms with van der Waals surface area (Å²) in [6.45, 7) is 0.774. The van der Waals surface area contributed by atoms with Gasteiger partial charge in [0, 0.05) is 12.1 Å². The Bertz CT molecular complexity index is 599. The number of hydrogen-bond acceptors (Lipinski definition) is 2. The van der Waals surface area contributed by atoms with Gasteiger partial charge in [-0.15, -0.1) is 0 Å². The summed E-state index contributed by atoms with van der Waals surface area (Å²) in [5.41, 5.74) is 1.27. The molecule has 0 bridgehead atoms. The number of carbonyl (C=O) groups is 1. The van der Waals surface area contributed by atoms with Crippen molar-refractivity contribution in [1.29, 1.82) is 0 Å². The van der Waals surface area contributed by atoms with Crippen LogP contribution in [0.5, 0.6) is 0 Å². The van der Waals surface area contributed by atoms with Gasteiger partial charge in [-0.2, -0.15) is 0 Å². The van der Waals surface area contributed by atoms with Gasteiger partial charge in [-0.3, -0.25) is 9.69 Å². The standard InChI is InChI=1S/C16H15F2NO/c1-19(10-12-5-3-2-4-6-12)11-16(20)13-7-8-14(17)15(18)9-13/h2-9H,10-11H2,1H3. The number of carbonyl (C=O) groups excluding carboxylic acids is 1. The molecular formula is C16H15F2NO. The van der Waals surface area contributed by atoms with Gasteiger partial charge in [0.15, 0.2) is 17.4 Å². The first-order chi connectivity index (χ1) is 9.56. The molecule has 0 heterocycles. The summed E-state index contributed by atoms with van der Waals surface area (Å²) in [6, 6.07) is 12.9. The molecule has 0 radical (unpaired) electrons. The van der Waals surface area contributed by atoms with Gasteiger partial charge in [0.05, 0.1) is 6.54 Å². The highest BCUT2D eigenvalue weighted by Crippen LogP contribution is 2.10. The van der Waals surface area contributed by atoms with Crippen LogP contribution >= 0.6 is 0 Å². The number of nitrogens with zero attached hydrogens (tertiary/aromatic N) is 1. The Morgan fingerprint density at radius 1 is 1.05 bits per heavy atom. The van der Waals surface area contributed by atoms with E-state index in [1.165, 1.54) is 6.07 Å². The van der Waals surface area contributed by atoms with Crippen molar-refractivity contribution in [2.75, 3.05) is 13.6 Å². The SMILES string of the molecule is CN(CC(=O)c1ccc(F)c(F)c1)Cc1ccccc1. The molecule has 0 saturated carbocycles. The molecule has 0 spiro atoms. The Labute approximate surface area is 116 Å². The van der Waals surface area contributed by atoms with E-state index in [1.807, 2.05) is 42.3 Å². The van der Waals surface area contributed by atoms with Gasteiger partial charge in [-0.25, -0.2) is 8.78 Å². The average Bonchev–Trinajstić information content (AvgIpc) is 2.42. The van der Waals surface area contributed by atoms with E-state index in [4.69, 9.17) is 0 Å². The van der Waals surface area contributed by atoms with Crippen molar-refractivity contribution in [2.45, 2.75) is 6.54 Å². The number of halogens is 2. The highest BCUT2D eigenvalue weighted by molar-refractivity contribution is 5.97. The maximum Gasteiger partial charge on any atom is 0.176 e. The molecule has 104 valence electrons. The maximum absolute atomic E-state index is 13.1.